The number of aryl methyl sites for hydroxylation is 1. The molecule has 2 N–H and O–H groups in total. The van der Waals surface area contributed by atoms with Gasteiger partial charge in [-0.15, -0.1) is 0 Å². The fourth-order valence-corrected chi connectivity index (χ4v) is 2.89. The second kappa shape index (κ2) is 8.22. The number of hydrogen-bond donors (Lipinski definition) is 2. The van der Waals surface area contributed by atoms with Gasteiger partial charge in [0.1, 0.15) is 12.4 Å². The van der Waals surface area contributed by atoms with Gasteiger partial charge < -0.3 is 15.4 Å². The summed E-state index contributed by atoms with van der Waals surface area (Å²) in [7, 11) is 3.29. The van der Waals surface area contributed by atoms with E-state index in [4.69, 9.17) is 4.74 Å². The molecule has 2 aromatic rings. The van der Waals surface area contributed by atoms with Gasteiger partial charge in [-0.1, -0.05) is 6.07 Å². The van der Waals surface area contributed by atoms with Crippen LogP contribution >= 0.6 is 0 Å². The molecule has 0 radical (unpaired) electrons. The average Bonchev–Trinajstić information content (AvgIpc) is 3.03. The zero-order chi connectivity index (χ0) is 18.5. The maximum atomic E-state index is 13.3. The molecule has 0 saturated heterocycles. The Morgan fingerprint density at radius 2 is 2.23 bits per heavy atom. The highest BCUT2D eigenvalue weighted by Gasteiger charge is 2.22. The lowest BCUT2D eigenvalue weighted by Gasteiger charge is -2.25. The first-order valence-corrected chi connectivity index (χ1v) is 8.41. The Hall–Kier alpha value is -2.55. The molecule has 1 aliphatic heterocycles. The lowest BCUT2D eigenvalue weighted by atomic mass is 10.1. The van der Waals surface area contributed by atoms with Crippen molar-refractivity contribution in [3.8, 4) is 0 Å². The van der Waals surface area contributed by atoms with E-state index in [9.17, 15) is 8.78 Å². The van der Waals surface area contributed by atoms with E-state index < -0.39 is 11.6 Å². The number of benzene rings is 1. The normalized spacial score (nSPS) is 17.1. The fourth-order valence-electron chi connectivity index (χ4n) is 2.89. The Balaban J connectivity index is 1.55. The largest absolute Gasteiger partial charge is 0.377 e. The van der Waals surface area contributed by atoms with Gasteiger partial charge in [0.15, 0.2) is 23.4 Å². The summed E-state index contributed by atoms with van der Waals surface area (Å²) >= 11 is 0. The van der Waals surface area contributed by atoms with Crippen molar-refractivity contribution in [2.24, 2.45) is 4.99 Å². The minimum absolute atomic E-state index is 0.149. The third-order valence-electron chi connectivity index (χ3n) is 4.18. The molecule has 1 aliphatic rings. The third kappa shape index (κ3) is 4.34. The Morgan fingerprint density at radius 3 is 2.96 bits per heavy atom. The van der Waals surface area contributed by atoms with Crippen molar-refractivity contribution >= 4 is 5.96 Å². The molecule has 0 aliphatic carbocycles. The SMILES string of the molecule is CN=C(NCc1ccc(F)c(F)c1)NC1CCc2nc(COC)nn2C1. The van der Waals surface area contributed by atoms with E-state index in [0.29, 0.717) is 37.0 Å². The predicted molar refractivity (Wildman–Crippen MR) is 92.5 cm³/mol. The zero-order valence-corrected chi connectivity index (χ0v) is 14.8. The van der Waals surface area contributed by atoms with Gasteiger partial charge in [-0.05, 0) is 24.1 Å². The minimum Gasteiger partial charge on any atom is -0.377 e. The summed E-state index contributed by atoms with van der Waals surface area (Å²) < 4.78 is 33.2. The Labute approximate surface area is 150 Å². The summed E-state index contributed by atoms with van der Waals surface area (Å²) in [5.74, 6) is 0.532. The molecule has 0 spiro atoms. The minimum atomic E-state index is -0.856. The number of methoxy groups -OCH3 is 1. The van der Waals surface area contributed by atoms with Crippen LogP contribution in [0.2, 0.25) is 0 Å². The molecular formula is C17H22F2N6O. The van der Waals surface area contributed by atoms with Crippen LogP contribution in [0, 0.1) is 11.6 Å². The Bertz CT molecular complexity index is 792. The van der Waals surface area contributed by atoms with E-state index in [0.717, 1.165) is 24.7 Å². The molecule has 0 saturated carbocycles. The third-order valence-corrected chi connectivity index (χ3v) is 4.18. The number of hydrogen-bond acceptors (Lipinski definition) is 4. The smallest absolute Gasteiger partial charge is 0.191 e. The van der Waals surface area contributed by atoms with Crippen LogP contribution in [0.1, 0.15) is 23.6 Å². The maximum Gasteiger partial charge on any atom is 0.191 e. The van der Waals surface area contributed by atoms with Crippen LogP contribution in [0.15, 0.2) is 23.2 Å². The van der Waals surface area contributed by atoms with Crippen LogP contribution in [0.4, 0.5) is 8.78 Å². The van der Waals surface area contributed by atoms with Crippen LogP contribution in [-0.4, -0.2) is 40.9 Å². The van der Waals surface area contributed by atoms with Gasteiger partial charge in [-0.3, -0.25) is 4.99 Å². The van der Waals surface area contributed by atoms with Gasteiger partial charge in [0, 0.05) is 33.2 Å². The second-order valence-electron chi connectivity index (χ2n) is 6.11. The molecule has 0 fully saturated rings. The van der Waals surface area contributed by atoms with Crippen molar-refractivity contribution in [2.45, 2.75) is 38.6 Å². The molecule has 1 aromatic carbocycles. The van der Waals surface area contributed by atoms with E-state index in [1.165, 1.54) is 12.1 Å². The lowest BCUT2D eigenvalue weighted by Crippen LogP contribution is -2.46. The summed E-state index contributed by atoms with van der Waals surface area (Å²) in [6.07, 6.45) is 1.71. The summed E-state index contributed by atoms with van der Waals surface area (Å²) in [5, 5.41) is 10.9. The number of guanidine groups is 1. The molecule has 0 bridgehead atoms. The molecule has 0 amide bonds. The van der Waals surface area contributed by atoms with E-state index in [2.05, 4.69) is 25.7 Å². The van der Waals surface area contributed by atoms with Gasteiger partial charge in [-0.25, -0.2) is 18.4 Å². The van der Waals surface area contributed by atoms with Crippen molar-refractivity contribution in [2.75, 3.05) is 14.2 Å². The summed E-state index contributed by atoms with van der Waals surface area (Å²) in [6.45, 7) is 1.42. The molecular weight excluding hydrogens is 342 g/mol. The second-order valence-corrected chi connectivity index (χ2v) is 6.11. The lowest BCUT2D eigenvalue weighted by molar-refractivity contribution is 0.177. The number of halogens is 2. The van der Waals surface area contributed by atoms with Crippen LogP contribution < -0.4 is 10.6 Å². The molecule has 1 atom stereocenters. The first-order valence-electron chi connectivity index (χ1n) is 8.41. The van der Waals surface area contributed by atoms with Gasteiger partial charge in [0.05, 0.1) is 6.54 Å². The van der Waals surface area contributed by atoms with E-state index in [1.54, 1.807) is 14.2 Å². The fraction of sp³-hybridized carbons (Fsp3) is 0.471. The van der Waals surface area contributed by atoms with Gasteiger partial charge in [-0.2, -0.15) is 5.10 Å². The first kappa shape index (κ1) is 18.2. The predicted octanol–water partition coefficient (Wildman–Crippen LogP) is 1.38. The molecule has 26 heavy (non-hydrogen) atoms. The van der Waals surface area contributed by atoms with Crippen molar-refractivity contribution in [1.82, 2.24) is 25.4 Å². The molecule has 2 heterocycles. The molecule has 1 unspecified atom stereocenters. The molecule has 9 heteroatoms. The number of fused-ring (bicyclic) bond motifs is 1. The Morgan fingerprint density at radius 1 is 1.38 bits per heavy atom. The monoisotopic (exact) mass is 364 g/mol. The van der Waals surface area contributed by atoms with E-state index >= 15 is 0 Å². The van der Waals surface area contributed by atoms with Crippen molar-refractivity contribution in [3.05, 3.63) is 47.0 Å². The number of aliphatic imine (C=N–C) groups is 1. The summed E-state index contributed by atoms with van der Waals surface area (Å²) in [5.41, 5.74) is 0.637. The van der Waals surface area contributed by atoms with Crippen molar-refractivity contribution in [3.63, 3.8) is 0 Å². The van der Waals surface area contributed by atoms with Crippen molar-refractivity contribution < 1.29 is 13.5 Å². The number of ether oxygens (including phenoxy) is 1. The number of aromatic nitrogens is 3. The van der Waals surface area contributed by atoms with Crippen LogP contribution in [0.5, 0.6) is 0 Å². The quantitative estimate of drug-likeness (QED) is 0.619. The maximum absolute atomic E-state index is 13.3. The van der Waals surface area contributed by atoms with E-state index in [1.807, 2.05) is 4.68 Å². The summed E-state index contributed by atoms with van der Waals surface area (Å²) in [6, 6.07) is 3.98. The number of nitrogens with one attached hydrogen (secondary N) is 2. The highest BCUT2D eigenvalue weighted by molar-refractivity contribution is 5.79. The van der Waals surface area contributed by atoms with Crippen LogP contribution in [-0.2, 0) is 30.9 Å². The molecule has 140 valence electrons. The standard InChI is InChI=1S/C17H22F2N6O/c1-20-17(21-8-11-3-5-13(18)14(19)7-11)22-12-4-6-16-23-15(10-26-2)24-25(16)9-12/h3,5,7,12H,4,6,8-10H2,1-2H3,(H2,20,21,22). The van der Waals surface area contributed by atoms with Crippen LogP contribution in [0.25, 0.3) is 0 Å². The first-order chi connectivity index (χ1) is 12.6. The van der Waals surface area contributed by atoms with Gasteiger partial charge in [0.2, 0.25) is 0 Å². The van der Waals surface area contributed by atoms with Crippen LogP contribution in [0.3, 0.4) is 0 Å². The molecule has 7 nitrogen and oxygen atoms in total. The van der Waals surface area contributed by atoms with Gasteiger partial charge in [0.25, 0.3) is 0 Å². The topological polar surface area (TPSA) is 76.4 Å². The highest BCUT2D eigenvalue weighted by Crippen LogP contribution is 2.13. The number of rotatable bonds is 5. The zero-order valence-electron chi connectivity index (χ0n) is 14.8. The number of nitrogens with zero attached hydrogens (tertiary/aromatic N) is 4. The van der Waals surface area contributed by atoms with E-state index in [-0.39, 0.29) is 6.04 Å². The Kier molecular flexibility index (Phi) is 5.77. The molecule has 1 aromatic heterocycles. The molecule has 3 rings (SSSR count). The van der Waals surface area contributed by atoms with Gasteiger partial charge >= 0.3 is 0 Å². The highest BCUT2D eigenvalue weighted by atomic mass is 19.2. The summed E-state index contributed by atoms with van der Waals surface area (Å²) in [4.78, 5) is 8.64. The van der Waals surface area contributed by atoms with Crippen molar-refractivity contribution in [1.29, 1.82) is 0 Å². The average molecular weight is 364 g/mol.